The average molecular weight is 272 g/mol. The zero-order chi connectivity index (χ0) is 13.6. The largest absolute Gasteiger partial charge is 0.340 e. The van der Waals surface area contributed by atoms with Crippen LogP contribution in [0.5, 0.6) is 0 Å². The molecule has 0 spiro atoms. The van der Waals surface area contributed by atoms with Gasteiger partial charge in [0.15, 0.2) is 0 Å². The molecule has 1 N–H and O–H groups in total. The fourth-order valence-electron chi connectivity index (χ4n) is 2.49. The summed E-state index contributed by atoms with van der Waals surface area (Å²) in [4.78, 5) is 2.41. The fourth-order valence-corrected chi connectivity index (χ4v) is 2.49. The van der Waals surface area contributed by atoms with Crippen molar-refractivity contribution >= 4 is 5.95 Å². The highest BCUT2D eigenvalue weighted by Crippen LogP contribution is 2.10. The van der Waals surface area contributed by atoms with E-state index >= 15 is 0 Å². The highest BCUT2D eigenvalue weighted by atomic mass is 15.6. The molecule has 106 valence electrons. The second kappa shape index (κ2) is 6.47. The molecular weight excluding hydrogens is 252 g/mol. The number of anilines is 1. The second-order valence-corrected chi connectivity index (χ2v) is 5.16. The highest BCUT2D eigenvalue weighted by molar-refractivity contribution is 5.24. The molecule has 0 radical (unpaired) electrons. The van der Waals surface area contributed by atoms with E-state index in [0.29, 0.717) is 6.54 Å². The van der Waals surface area contributed by atoms with Crippen molar-refractivity contribution in [1.29, 1.82) is 0 Å². The van der Waals surface area contributed by atoms with Crippen molar-refractivity contribution in [1.82, 2.24) is 25.1 Å². The van der Waals surface area contributed by atoms with Gasteiger partial charge in [-0.15, -0.1) is 0 Å². The first-order valence-corrected chi connectivity index (χ1v) is 7.18. The van der Waals surface area contributed by atoms with Gasteiger partial charge in [-0.3, -0.25) is 4.90 Å². The fraction of sp³-hybridized carbons (Fsp3) is 0.500. The summed E-state index contributed by atoms with van der Waals surface area (Å²) < 4.78 is 1.80. The molecule has 1 aliphatic heterocycles. The molecule has 1 saturated heterocycles. The lowest BCUT2D eigenvalue weighted by Gasteiger charge is -2.26. The van der Waals surface area contributed by atoms with Crippen LogP contribution in [0.1, 0.15) is 24.8 Å². The van der Waals surface area contributed by atoms with Crippen LogP contribution in [0.4, 0.5) is 5.95 Å². The standard InChI is InChI=1S/C14H20N6/c1-3-7-13(8-4-1)11-20-14(16-17-18-20)15-12-19-9-5-2-6-10-19/h1,3-4,7-8H,2,5-6,9-12H2,(H,15,16,18). The SMILES string of the molecule is c1ccc(Cn2nnnc2NCN2CCCCC2)cc1. The summed E-state index contributed by atoms with van der Waals surface area (Å²) in [7, 11) is 0. The number of nitrogens with zero attached hydrogens (tertiary/aromatic N) is 5. The highest BCUT2D eigenvalue weighted by Gasteiger charge is 2.11. The third-order valence-corrected chi connectivity index (χ3v) is 3.62. The minimum atomic E-state index is 0.691. The molecule has 0 saturated carbocycles. The van der Waals surface area contributed by atoms with Crippen molar-refractivity contribution in [3.05, 3.63) is 35.9 Å². The molecule has 2 heterocycles. The van der Waals surface area contributed by atoms with E-state index in [-0.39, 0.29) is 0 Å². The van der Waals surface area contributed by atoms with Crippen LogP contribution in [0.15, 0.2) is 30.3 Å². The molecule has 0 atom stereocenters. The van der Waals surface area contributed by atoms with E-state index in [1.165, 1.54) is 24.8 Å². The summed E-state index contributed by atoms with van der Waals surface area (Å²) in [5.41, 5.74) is 1.20. The molecule has 0 aliphatic carbocycles. The molecular formula is C14H20N6. The quantitative estimate of drug-likeness (QED) is 0.895. The van der Waals surface area contributed by atoms with E-state index < -0.39 is 0 Å². The number of hydrogen-bond donors (Lipinski definition) is 1. The number of benzene rings is 1. The second-order valence-electron chi connectivity index (χ2n) is 5.16. The Morgan fingerprint density at radius 2 is 1.85 bits per heavy atom. The normalized spacial score (nSPS) is 16.2. The van der Waals surface area contributed by atoms with Gasteiger partial charge < -0.3 is 5.32 Å². The summed E-state index contributed by atoms with van der Waals surface area (Å²) >= 11 is 0. The van der Waals surface area contributed by atoms with Crippen molar-refractivity contribution < 1.29 is 0 Å². The molecule has 1 aromatic heterocycles. The molecule has 2 aromatic rings. The maximum Gasteiger partial charge on any atom is 0.244 e. The van der Waals surface area contributed by atoms with E-state index in [2.05, 4.69) is 37.9 Å². The Hall–Kier alpha value is -1.95. The summed E-state index contributed by atoms with van der Waals surface area (Å²) in [5, 5.41) is 15.2. The lowest BCUT2D eigenvalue weighted by Crippen LogP contribution is -2.34. The van der Waals surface area contributed by atoms with Crippen LogP contribution in [0, 0.1) is 0 Å². The third kappa shape index (κ3) is 3.33. The Bertz CT molecular complexity index is 517. The third-order valence-electron chi connectivity index (χ3n) is 3.62. The lowest BCUT2D eigenvalue weighted by atomic mass is 10.1. The molecule has 3 rings (SSSR count). The minimum absolute atomic E-state index is 0.691. The number of aromatic nitrogens is 4. The van der Waals surface area contributed by atoms with Crippen molar-refractivity contribution in [2.75, 3.05) is 25.1 Å². The zero-order valence-corrected chi connectivity index (χ0v) is 11.6. The molecule has 0 amide bonds. The van der Waals surface area contributed by atoms with Crippen LogP contribution in [-0.4, -0.2) is 44.9 Å². The molecule has 20 heavy (non-hydrogen) atoms. The van der Waals surface area contributed by atoms with Gasteiger partial charge in [0.25, 0.3) is 0 Å². The number of likely N-dealkylation sites (tertiary alicyclic amines) is 1. The van der Waals surface area contributed by atoms with Crippen molar-refractivity contribution in [3.8, 4) is 0 Å². The van der Waals surface area contributed by atoms with Gasteiger partial charge in [0.2, 0.25) is 5.95 Å². The predicted molar refractivity (Wildman–Crippen MR) is 77.3 cm³/mol. The van der Waals surface area contributed by atoms with Crippen LogP contribution < -0.4 is 5.32 Å². The van der Waals surface area contributed by atoms with E-state index in [4.69, 9.17) is 0 Å². The number of piperidine rings is 1. The van der Waals surface area contributed by atoms with E-state index in [0.717, 1.165) is 25.7 Å². The van der Waals surface area contributed by atoms with Gasteiger partial charge in [-0.25, -0.2) is 4.68 Å². The van der Waals surface area contributed by atoms with E-state index in [9.17, 15) is 0 Å². The Morgan fingerprint density at radius 3 is 2.65 bits per heavy atom. The maximum atomic E-state index is 4.06. The van der Waals surface area contributed by atoms with Crippen LogP contribution in [-0.2, 0) is 6.54 Å². The van der Waals surface area contributed by atoms with Crippen molar-refractivity contribution in [2.24, 2.45) is 0 Å². The van der Waals surface area contributed by atoms with Crippen LogP contribution in [0.3, 0.4) is 0 Å². The van der Waals surface area contributed by atoms with Gasteiger partial charge in [-0.1, -0.05) is 41.9 Å². The topological polar surface area (TPSA) is 58.9 Å². The van der Waals surface area contributed by atoms with Gasteiger partial charge in [-0.05, 0) is 41.9 Å². The molecule has 0 bridgehead atoms. The predicted octanol–water partition coefficient (Wildman–Crippen LogP) is 1.58. The number of nitrogens with one attached hydrogen (secondary N) is 1. The van der Waals surface area contributed by atoms with Gasteiger partial charge >= 0.3 is 0 Å². The van der Waals surface area contributed by atoms with Crippen LogP contribution >= 0.6 is 0 Å². The molecule has 1 aliphatic rings. The summed E-state index contributed by atoms with van der Waals surface area (Å²) in [5.74, 6) is 0.736. The number of hydrogen-bond acceptors (Lipinski definition) is 5. The first-order chi connectivity index (χ1) is 9.92. The van der Waals surface area contributed by atoms with Gasteiger partial charge in [-0.2, -0.15) is 0 Å². The van der Waals surface area contributed by atoms with Gasteiger partial charge in [0, 0.05) is 0 Å². The first kappa shape index (κ1) is 13.1. The van der Waals surface area contributed by atoms with Crippen molar-refractivity contribution in [2.45, 2.75) is 25.8 Å². The molecule has 0 unspecified atom stereocenters. The summed E-state index contributed by atoms with van der Waals surface area (Å²) in [6.45, 7) is 3.83. The number of rotatable bonds is 5. The Balaban J connectivity index is 1.58. The summed E-state index contributed by atoms with van der Waals surface area (Å²) in [6.07, 6.45) is 3.93. The average Bonchev–Trinajstić information content (AvgIpc) is 2.94. The molecule has 6 heteroatoms. The first-order valence-electron chi connectivity index (χ1n) is 7.18. The summed E-state index contributed by atoms with van der Waals surface area (Å²) in [6, 6.07) is 10.2. The molecule has 6 nitrogen and oxygen atoms in total. The smallest absolute Gasteiger partial charge is 0.244 e. The van der Waals surface area contributed by atoms with E-state index in [1.807, 2.05) is 18.2 Å². The Labute approximate surface area is 118 Å². The number of tetrazole rings is 1. The van der Waals surface area contributed by atoms with Gasteiger partial charge in [0.1, 0.15) is 0 Å². The maximum absolute atomic E-state index is 4.06. The van der Waals surface area contributed by atoms with Crippen LogP contribution in [0.25, 0.3) is 0 Å². The van der Waals surface area contributed by atoms with Crippen molar-refractivity contribution in [3.63, 3.8) is 0 Å². The Kier molecular flexibility index (Phi) is 4.22. The van der Waals surface area contributed by atoms with E-state index in [1.54, 1.807) is 4.68 Å². The minimum Gasteiger partial charge on any atom is -0.340 e. The van der Waals surface area contributed by atoms with Crippen LogP contribution in [0.2, 0.25) is 0 Å². The van der Waals surface area contributed by atoms with Gasteiger partial charge in [0.05, 0.1) is 13.2 Å². The molecule has 1 fully saturated rings. The monoisotopic (exact) mass is 272 g/mol. The lowest BCUT2D eigenvalue weighted by molar-refractivity contribution is 0.243. The molecule has 1 aromatic carbocycles. The Morgan fingerprint density at radius 1 is 1.05 bits per heavy atom. The zero-order valence-electron chi connectivity index (χ0n) is 11.6.